The van der Waals surface area contributed by atoms with Gasteiger partial charge in [0.15, 0.2) is 0 Å². The van der Waals surface area contributed by atoms with Gasteiger partial charge in [-0.15, -0.1) is 0 Å². The van der Waals surface area contributed by atoms with Gasteiger partial charge < -0.3 is 4.74 Å². The van der Waals surface area contributed by atoms with Gasteiger partial charge in [-0.25, -0.2) is 13.1 Å². The van der Waals surface area contributed by atoms with Gasteiger partial charge in [0.1, 0.15) is 10.6 Å². The molecule has 0 spiro atoms. The zero-order valence-electron chi connectivity index (χ0n) is 15.5. The van der Waals surface area contributed by atoms with Crippen LogP contribution in [0.5, 0.6) is 5.75 Å². The summed E-state index contributed by atoms with van der Waals surface area (Å²) in [5.74, 6) is 0.339. The van der Waals surface area contributed by atoms with Crippen LogP contribution in [-0.2, 0) is 23.6 Å². The van der Waals surface area contributed by atoms with Crippen molar-refractivity contribution in [2.75, 3.05) is 6.61 Å². The molecule has 0 radical (unpaired) electrons. The van der Waals surface area contributed by atoms with Crippen LogP contribution in [0.4, 0.5) is 0 Å². The highest BCUT2D eigenvalue weighted by molar-refractivity contribution is 7.89. The molecule has 142 valence electrons. The molecule has 7 nitrogen and oxygen atoms in total. The van der Waals surface area contributed by atoms with Crippen molar-refractivity contribution in [3.63, 3.8) is 0 Å². The summed E-state index contributed by atoms with van der Waals surface area (Å²) in [6.07, 6.45) is 1.71. The van der Waals surface area contributed by atoms with Gasteiger partial charge >= 0.3 is 0 Å². The SMILES string of the molecule is CCOc1ccc(C)cc1S(=O)(=O)NCc1cc(-c2ccccn2)n(C)n1. The second-order valence-electron chi connectivity index (χ2n) is 6.07. The monoisotopic (exact) mass is 386 g/mol. The van der Waals surface area contributed by atoms with Crippen molar-refractivity contribution in [3.05, 3.63) is 59.9 Å². The van der Waals surface area contributed by atoms with Gasteiger partial charge in [-0.3, -0.25) is 9.67 Å². The fourth-order valence-electron chi connectivity index (χ4n) is 2.71. The molecule has 0 fully saturated rings. The Kier molecular flexibility index (Phi) is 5.57. The molecule has 0 aliphatic heterocycles. The summed E-state index contributed by atoms with van der Waals surface area (Å²) < 4.78 is 35.3. The quantitative estimate of drug-likeness (QED) is 0.675. The van der Waals surface area contributed by atoms with E-state index in [0.717, 1.165) is 17.0 Å². The molecule has 0 bridgehead atoms. The molecule has 8 heteroatoms. The van der Waals surface area contributed by atoms with E-state index in [1.54, 1.807) is 30.1 Å². The Hall–Kier alpha value is -2.71. The summed E-state index contributed by atoms with van der Waals surface area (Å²) in [6, 6.07) is 12.5. The van der Waals surface area contributed by atoms with Crippen molar-refractivity contribution in [1.82, 2.24) is 19.5 Å². The Morgan fingerprint density at radius 1 is 1.19 bits per heavy atom. The Morgan fingerprint density at radius 2 is 2.00 bits per heavy atom. The number of benzene rings is 1. The lowest BCUT2D eigenvalue weighted by Gasteiger charge is -2.12. The Balaban J connectivity index is 1.82. The lowest BCUT2D eigenvalue weighted by molar-refractivity contribution is 0.331. The van der Waals surface area contributed by atoms with Crippen LogP contribution in [0.25, 0.3) is 11.4 Å². The number of ether oxygens (including phenoxy) is 1. The molecule has 1 N–H and O–H groups in total. The molecule has 0 saturated heterocycles. The predicted octanol–water partition coefficient (Wildman–Crippen LogP) is 2.67. The topological polar surface area (TPSA) is 86.1 Å². The first kappa shape index (κ1) is 19.1. The van der Waals surface area contributed by atoms with E-state index in [4.69, 9.17) is 4.74 Å². The van der Waals surface area contributed by atoms with Gasteiger partial charge in [0.05, 0.1) is 30.2 Å². The molecule has 0 aliphatic rings. The zero-order chi connectivity index (χ0) is 19.4. The molecule has 0 saturated carbocycles. The Labute approximate surface area is 159 Å². The van der Waals surface area contributed by atoms with E-state index >= 15 is 0 Å². The molecule has 2 heterocycles. The molecule has 0 amide bonds. The van der Waals surface area contributed by atoms with E-state index in [-0.39, 0.29) is 11.4 Å². The summed E-state index contributed by atoms with van der Waals surface area (Å²) in [7, 11) is -1.94. The second-order valence-corrected chi connectivity index (χ2v) is 7.80. The van der Waals surface area contributed by atoms with Crippen LogP contribution in [0.1, 0.15) is 18.2 Å². The molecule has 0 aliphatic carbocycles. The predicted molar refractivity (Wildman–Crippen MR) is 103 cm³/mol. The first-order valence-corrected chi connectivity index (χ1v) is 10.1. The number of aryl methyl sites for hydroxylation is 2. The van der Waals surface area contributed by atoms with Crippen LogP contribution >= 0.6 is 0 Å². The molecule has 0 unspecified atom stereocenters. The molecule has 1 aromatic carbocycles. The number of hydrogen-bond acceptors (Lipinski definition) is 5. The summed E-state index contributed by atoms with van der Waals surface area (Å²) >= 11 is 0. The van der Waals surface area contributed by atoms with Crippen molar-refractivity contribution in [2.24, 2.45) is 7.05 Å². The van der Waals surface area contributed by atoms with Crippen LogP contribution in [0.3, 0.4) is 0 Å². The average Bonchev–Trinajstić information content (AvgIpc) is 3.03. The summed E-state index contributed by atoms with van der Waals surface area (Å²) in [4.78, 5) is 4.44. The fourth-order valence-corrected chi connectivity index (χ4v) is 3.94. The molecule has 2 aromatic heterocycles. The molecule has 3 aromatic rings. The average molecular weight is 386 g/mol. The van der Waals surface area contributed by atoms with E-state index in [1.165, 1.54) is 0 Å². The smallest absolute Gasteiger partial charge is 0.244 e. The maximum Gasteiger partial charge on any atom is 0.244 e. The van der Waals surface area contributed by atoms with Crippen LogP contribution in [0.2, 0.25) is 0 Å². The first-order chi connectivity index (χ1) is 12.9. The number of nitrogens with one attached hydrogen (secondary N) is 1. The number of rotatable bonds is 7. The van der Waals surface area contributed by atoms with Crippen LogP contribution in [0, 0.1) is 6.92 Å². The minimum absolute atomic E-state index is 0.0719. The van der Waals surface area contributed by atoms with E-state index in [9.17, 15) is 8.42 Å². The summed E-state index contributed by atoms with van der Waals surface area (Å²) in [5.41, 5.74) is 3.04. The van der Waals surface area contributed by atoms with E-state index in [1.807, 2.05) is 44.2 Å². The van der Waals surface area contributed by atoms with Gasteiger partial charge in [-0.2, -0.15) is 5.10 Å². The number of pyridine rings is 1. The normalized spacial score (nSPS) is 11.5. The first-order valence-electron chi connectivity index (χ1n) is 8.58. The Bertz CT molecular complexity index is 1030. The molecular formula is C19H22N4O3S. The van der Waals surface area contributed by atoms with Crippen LogP contribution < -0.4 is 9.46 Å². The number of sulfonamides is 1. The van der Waals surface area contributed by atoms with Gasteiger partial charge in [-0.05, 0) is 49.7 Å². The highest BCUT2D eigenvalue weighted by atomic mass is 32.2. The summed E-state index contributed by atoms with van der Waals surface area (Å²) in [5, 5.41) is 4.38. The van der Waals surface area contributed by atoms with Crippen molar-refractivity contribution in [1.29, 1.82) is 0 Å². The number of hydrogen-bond donors (Lipinski definition) is 1. The maximum absolute atomic E-state index is 12.8. The fraction of sp³-hybridized carbons (Fsp3) is 0.263. The van der Waals surface area contributed by atoms with Gasteiger partial charge in [-0.1, -0.05) is 12.1 Å². The maximum atomic E-state index is 12.8. The Morgan fingerprint density at radius 3 is 2.70 bits per heavy atom. The highest BCUT2D eigenvalue weighted by Crippen LogP contribution is 2.25. The lowest BCUT2D eigenvalue weighted by Crippen LogP contribution is -2.24. The van der Waals surface area contributed by atoms with E-state index < -0.39 is 10.0 Å². The van der Waals surface area contributed by atoms with Crippen molar-refractivity contribution in [3.8, 4) is 17.1 Å². The van der Waals surface area contributed by atoms with Gasteiger partial charge in [0.25, 0.3) is 0 Å². The molecular weight excluding hydrogens is 364 g/mol. The lowest BCUT2D eigenvalue weighted by atomic mass is 10.2. The largest absolute Gasteiger partial charge is 0.492 e. The third-order valence-corrected chi connectivity index (χ3v) is 5.41. The highest BCUT2D eigenvalue weighted by Gasteiger charge is 2.20. The second kappa shape index (κ2) is 7.89. The minimum Gasteiger partial charge on any atom is -0.492 e. The van der Waals surface area contributed by atoms with Crippen molar-refractivity contribution < 1.29 is 13.2 Å². The van der Waals surface area contributed by atoms with Crippen LogP contribution in [-0.4, -0.2) is 29.8 Å². The van der Waals surface area contributed by atoms with Gasteiger partial charge in [0.2, 0.25) is 10.0 Å². The standard InChI is InChI=1S/C19H22N4O3S/c1-4-26-18-9-8-14(2)11-19(18)27(24,25)21-13-15-12-17(23(3)22-15)16-7-5-6-10-20-16/h5-12,21H,4,13H2,1-3H3. The van der Waals surface area contributed by atoms with E-state index in [0.29, 0.717) is 18.1 Å². The van der Waals surface area contributed by atoms with Gasteiger partial charge in [0, 0.05) is 13.2 Å². The summed E-state index contributed by atoms with van der Waals surface area (Å²) in [6.45, 7) is 4.12. The number of aromatic nitrogens is 3. The third kappa shape index (κ3) is 4.35. The van der Waals surface area contributed by atoms with Crippen molar-refractivity contribution in [2.45, 2.75) is 25.3 Å². The van der Waals surface area contributed by atoms with E-state index in [2.05, 4.69) is 14.8 Å². The van der Waals surface area contributed by atoms with Crippen molar-refractivity contribution >= 4 is 10.0 Å². The third-order valence-electron chi connectivity index (χ3n) is 3.99. The zero-order valence-corrected chi connectivity index (χ0v) is 16.3. The molecule has 27 heavy (non-hydrogen) atoms. The molecule has 3 rings (SSSR count). The minimum atomic E-state index is -3.74. The van der Waals surface area contributed by atoms with Crippen LogP contribution in [0.15, 0.2) is 53.6 Å². The molecule has 0 atom stereocenters. The number of nitrogens with zero attached hydrogens (tertiary/aromatic N) is 3.